The van der Waals surface area contributed by atoms with E-state index in [4.69, 9.17) is 0 Å². The SMILES string of the molecule is CN(Cc1nccn1C)C(=O)C1CC(=O)N(c2ccc(F)cc2)C1. The normalized spacial score (nSPS) is 17.4. The number of benzene rings is 1. The van der Waals surface area contributed by atoms with Crippen LogP contribution in [0.4, 0.5) is 10.1 Å². The van der Waals surface area contributed by atoms with Gasteiger partial charge in [0.15, 0.2) is 0 Å². The first-order chi connectivity index (χ1) is 11.5. The first-order valence-electron chi connectivity index (χ1n) is 7.73. The van der Waals surface area contributed by atoms with Gasteiger partial charge in [-0.25, -0.2) is 9.37 Å². The van der Waals surface area contributed by atoms with Crippen LogP contribution >= 0.6 is 0 Å². The summed E-state index contributed by atoms with van der Waals surface area (Å²) in [5, 5.41) is 0. The fourth-order valence-corrected chi connectivity index (χ4v) is 2.89. The number of carbonyl (C=O) groups excluding carboxylic acids is 2. The van der Waals surface area contributed by atoms with Crippen LogP contribution in [0.5, 0.6) is 0 Å². The van der Waals surface area contributed by atoms with Crippen LogP contribution in [0, 0.1) is 11.7 Å². The molecule has 0 aliphatic carbocycles. The maximum absolute atomic E-state index is 13.0. The fraction of sp³-hybridized carbons (Fsp3) is 0.353. The van der Waals surface area contributed by atoms with Crippen LogP contribution in [0.1, 0.15) is 12.2 Å². The van der Waals surface area contributed by atoms with Crippen LogP contribution in [0.15, 0.2) is 36.7 Å². The Morgan fingerprint density at radius 3 is 2.71 bits per heavy atom. The average molecular weight is 330 g/mol. The summed E-state index contributed by atoms with van der Waals surface area (Å²) in [4.78, 5) is 32.2. The van der Waals surface area contributed by atoms with Gasteiger partial charge in [0, 0.05) is 45.1 Å². The Hall–Kier alpha value is -2.70. The van der Waals surface area contributed by atoms with Crippen molar-refractivity contribution < 1.29 is 14.0 Å². The lowest BCUT2D eigenvalue weighted by atomic mass is 10.1. The first-order valence-corrected chi connectivity index (χ1v) is 7.73. The Bertz CT molecular complexity index is 756. The van der Waals surface area contributed by atoms with Crippen LogP contribution in [0.2, 0.25) is 0 Å². The summed E-state index contributed by atoms with van der Waals surface area (Å²) in [6.45, 7) is 0.706. The zero-order valence-corrected chi connectivity index (χ0v) is 13.6. The monoisotopic (exact) mass is 330 g/mol. The summed E-state index contributed by atoms with van der Waals surface area (Å²) >= 11 is 0. The van der Waals surface area contributed by atoms with E-state index in [0.29, 0.717) is 18.8 Å². The predicted molar refractivity (Wildman–Crippen MR) is 86.5 cm³/mol. The quantitative estimate of drug-likeness (QED) is 0.855. The van der Waals surface area contributed by atoms with Gasteiger partial charge < -0.3 is 14.4 Å². The Kier molecular flexibility index (Phi) is 4.33. The lowest BCUT2D eigenvalue weighted by Gasteiger charge is -2.21. The van der Waals surface area contributed by atoms with E-state index in [1.54, 1.807) is 30.3 Å². The summed E-state index contributed by atoms with van der Waals surface area (Å²) < 4.78 is 14.9. The van der Waals surface area contributed by atoms with Gasteiger partial charge in [-0.05, 0) is 24.3 Å². The third-order valence-electron chi connectivity index (χ3n) is 4.29. The first kappa shape index (κ1) is 16.2. The van der Waals surface area contributed by atoms with Crippen LogP contribution in [0.25, 0.3) is 0 Å². The van der Waals surface area contributed by atoms with E-state index >= 15 is 0 Å². The molecule has 0 saturated carbocycles. The molecule has 1 fully saturated rings. The number of anilines is 1. The maximum atomic E-state index is 13.0. The highest BCUT2D eigenvalue weighted by atomic mass is 19.1. The molecule has 0 radical (unpaired) electrons. The van der Waals surface area contributed by atoms with Gasteiger partial charge in [-0.2, -0.15) is 0 Å². The summed E-state index contributed by atoms with van der Waals surface area (Å²) in [6.07, 6.45) is 3.67. The minimum Gasteiger partial charge on any atom is -0.338 e. The summed E-state index contributed by atoms with van der Waals surface area (Å²) in [7, 11) is 3.58. The highest BCUT2D eigenvalue weighted by Gasteiger charge is 2.36. The van der Waals surface area contributed by atoms with E-state index in [9.17, 15) is 14.0 Å². The smallest absolute Gasteiger partial charge is 0.228 e. The molecule has 1 saturated heterocycles. The van der Waals surface area contributed by atoms with E-state index in [-0.39, 0.29) is 24.1 Å². The average Bonchev–Trinajstić information content (AvgIpc) is 3.14. The molecule has 1 aliphatic heterocycles. The zero-order chi connectivity index (χ0) is 17.3. The Labute approximate surface area is 139 Å². The highest BCUT2D eigenvalue weighted by Crippen LogP contribution is 2.26. The molecule has 0 bridgehead atoms. The third-order valence-corrected chi connectivity index (χ3v) is 4.29. The van der Waals surface area contributed by atoms with Crippen molar-refractivity contribution in [2.24, 2.45) is 13.0 Å². The van der Waals surface area contributed by atoms with Crippen LogP contribution < -0.4 is 4.90 Å². The summed E-state index contributed by atoms with van der Waals surface area (Å²) in [6, 6.07) is 5.73. The molecule has 0 spiro atoms. The second kappa shape index (κ2) is 6.43. The topological polar surface area (TPSA) is 58.4 Å². The maximum Gasteiger partial charge on any atom is 0.228 e. The molecule has 3 rings (SSSR count). The molecular weight excluding hydrogens is 311 g/mol. The minimum atomic E-state index is -0.396. The number of carbonyl (C=O) groups is 2. The van der Waals surface area contributed by atoms with Gasteiger partial charge in [-0.15, -0.1) is 0 Å². The predicted octanol–water partition coefficient (Wildman–Crippen LogP) is 1.57. The molecule has 2 heterocycles. The van der Waals surface area contributed by atoms with Crippen molar-refractivity contribution in [3.63, 3.8) is 0 Å². The molecule has 1 atom stereocenters. The van der Waals surface area contributed by atoms with E-state index in [1.165, 1.54) is 17.0 Å². The standard InChI is InChI=1S/C17H19FN4O2/c1-20-8-7-19-15(20)11-21(2)17(24)12-9-16(23)22(10-12)14-5-3-13(18)4-6-14/h3-8,12H,9-11H2,1-2H3. The van der Waals surface area contributed by atoms with Crippen molar-refractivity contribution in [1.29, 1.82) is 0 Å². The molecule has 2 aromatic rings. The minimum absolute atomic E-state index is 0.0871. The summed E-state index contributed by atoms with van der Waals surface area (Å²) in [5.74, 6) is -0.174. The molecule has 24 heavy (non-hydrogen) atoms. The van der Waals surface area contributed by atoms with Crippen LogP contribution in [0.3, 0.4) is 0 Å². The van der Waals surface area contributed by atoms with Gasteiger partial charge in [0.05, 0.1) is 12.5 Å². The van der Waals surface area contributed by atoms with Crippen molar-refractivity contribution >= 4 is 17.5 Å². The largest absolute Gasteiger partial charge is 0.338 e. The Balaban J connectivity index is 1.67. The van der Waals surface area contributed by atoms with Gasteiger partial charge in [0.25, 0.3) is 0 Å². The van der Waals surface area contributed by atoms with Gasteiger partial charge >= 0.3 is 0 Å². The highest BCUT2D eigenvalue weighted by molar-refractivity contribution is 6.00. The van der Waals surface area contributed by atoms with Crippen molar-refractivity contribution in [3.05, 3.63) is 48.3 Å². The van der Waals surface area contributed by atoms with E-state index in [1.807, 2.05) is 17.8 Å². The number of rotatable bonds is 4. The van der Waals surface area contributed by atoms with Crippen LogP contribution in [-0.4, -0.2) is 39.9 Å². The Morgan fingerprint density at radius 2 is 2.08 bits per heavy atom. The summed E-state index contributed by atoms with van der Waals surface area (Å²) in [5.41, 5.74) is 0.614. The number of nitrogens with zero attached hydrogens (tertiary/aromatic N) is 4. The number of hydrogen-bond acceptors (Lipinski definition) is 3. The number of aryl methyl sites for hydroxylation is 1. The molecule has 0 N–H and O–H groups in total. The van der Waals surface area contributed by atoms with Crippen LogP contribution in [-0.2, 0) is 23.2 Å². The number of hydrogen-bond donors (Lipinski definition) is 0. The number of halogens is 1. The molecule has 6 nitrogen and oxygen atoms in total. The molecule has 1 unspecified atom stereocenters. The van der Waals surface area contributed by atoms with Crippen molar-refractivity contribution in [1.82, 2.24) is 14.5 Å². The molecule has 1 aromatic carbocycles. The van der Waals surface area contributed by atoms with Crippen molar-refractivity contribution in [3.8, 4) is 0 Å². The number of aromatic nitrogens is 2. The van der Waals surface area contributed by atoms with Gasteiger partial charge in [-0.1, -0.05) is 0 Å². The van der Waals surface area contributed by atoms with Crippen molar-refractivity contribution in [2.45, 2.75) is 13.0 Å². The second-order valence-corrected chi connectivity index (χ2v) is 6.03. The number of amides is 2. The molecular formula is C17H19FN4O2. The van der Waals surface area contributed by atoms with E-state index in [2.05, 4.69) is 4.98 Å². The Morgan fingerprint density at radius 1 is 1.38 bits per heavy atom. The molecule has 1 aliphatic rings. The van der Waals surface area contributed by atoms with Gasteiger partial charge in [0.1, 0.15) is 11.6 Å². The molecule has 126 valence electrons. The lowest BCUT2D eigenvalue weighted by molar-refractivity contribution is -0.135. The molecule has 2 amide bonds. The molecule has 7 heteroatoms. The second-order valence-electron chi connectivity index (χ2n) is 6.03. The lowest BCUT2D eigenvalue weighted by Crippen LogP contribution is -2.35. The van der Waals surface area contributed by atoms with E-state index < -0.39 is 5.92 Å². The molecule has 1 aromatic heterocycles. The van der Waals surface area contributed by atoms with E-state index in [0.717, 1.165) is 5.82 Å². The third kappa shape index (κ3) is 3.15. The van der Waals surface area contributed by atoms with Gasteiger partial charge in [-0.3, -0.25) is 9.59 Å². The van der Waals surface area contributed by atoms with Crippen molar-refractivity contribution in [2.75, 3.05) is 18.5 Å². The zero-order valence-electron chi connectivity index (χ0n) is 13.6. The fourth-order valence-electron chi connectivity index (χ4n) is 2.89. The van der Waals surface area contributed by atoms with Gasteiger partial charge in [0.2, 0.25) is 11.8 Å². The number of imidazole rings is 1.